The summed E-state index contributed by atoms with van der Waals surface area (Å²) < 4.78 is 8.81. The molecular formula is C23H20N4O3. The Hall–Kier alpha value is -4.00. The molecule has 0 radical (unpaired) electrons. The summed E-state index contributed by atoms with van der Waals surface area (Å²) in [7, 11) is 1.96. The Kier molecular flexibility index (Phi) is 4.10. The number of carbonyl (C=O) groups excluding carboxylic acids is 1. The monoisotopic (exact) mass is 400 g/mol. The first-order chi connectivity index (χ1) is 14.5. The first kappa shape index (κ1) is 18.1. The molecule has 7 heteroatoms. The molecule has 0 atom stereocenters. The lowest BCUT2D eigenvalue weighted by Crippen LogP contribution is -2.11. The van der Waals surface area contributed by atoms with E-state index in [1.54, 1.807) is 4.68 Å². The molecule has 0 aliphatic carbocycles. The predicted octanol–water partition coefficient (Wildman–Crippen LogP) is 4.00. The van der Waals surface area contributed by atoms with Crippen LogP contribution in [0, 0.1) is 0 Å². The Morgan fingerprint density at radius 3 is 2.57 bits per heavy atom. The number of benzene rings is 2. The molecule has 0 saturated carbocycles. The van der Waals surface area contributed by atoms with Crippen molar-refractivity contribution in [1.82, 2.24) is 19.3 Å². The minimum atomic E-state index is -0.416. The SMILES string of the molecule is CC(=O)OCn1[nH]c(=O)c(-c2cn(C)c3ccccc23)c1-c1c[nH]c2ccccc12. The molecule has 5 aromatic rings. The van der Waals surface area contributed by atoms with Crippen molar-refractivity contribution in [3.05, 3.63) is 71.3 Å². The molecule has 0 aliphatic rings. The summed E-state index contributed by atoms with van der Waals surface area (Å²) in [4.78, 5) is 27.9. The van der Waals surface area contributed by atoms with Gasteiger partial charge in [-0.3, -0.25) is 14.7 Å². The number of rotatable bonds is 4. The van der Waals surface area contributed by atoms with E-state index in [-0.39, 0.29) is 12.3 Å². The Morgan fingerprint density at radius 1 is 1.03 bits per heavy atom. The maximum absolute atomic E-state index is 13.2. The molecular weight excluding hydrogens is 380 g/mol. The normalized spacial score (nSPS) is 11.4. The molecule has 0 unspecified atom stereocenters. The second kappa shape index (κ2) is 6.81. The maximum atomic E-state index is 13.2. The molecule has 150 valence electrons. The highest BCUT2D eigenvalue weighted by atomic mass is 16.5. The molecule has 0 fully saturated rings. The van der Waals surface area contributed by atoms with Gasteiger partial charge in [-0.05, 0) is 12.1 Å². The van der Waals surface area contributed by atoms with E-state index in [0.29, 0.717) is 11.3 Å². The van der Waals surface area contributed by atoms with Crippen LogP contribution in [0.4, 0.5) is 0 Å². The van der Waals surface area contributed by atoms with E-state index >= 15 is 0 Å². The quantitative estimate of drug-likeness (QED) is 0.447. The van der Waals surface area contributed by atoms with Gasteiger partial charge < -0.3 is 14.3 Å². The third-order valence-corrected chi connectivity index (χ3v) is 5.38. The van der Waals surface area contributed by atoms with Gasteiger partial charge in [-0.1, -0.05) is 36.4 Å². The van der Waals surface area contributed by atoms with Crippen LogP contribution in [0.1, 0.15) is 6.92 Å². The highest BCUT2D eigenvalue weighted by Gasteiger charge is 2.24. The zero-order valence-corrected chi connectivity index (χ0v) is 16.6. The average Bonchev–Trinajstić information content (AvgIpc) is 3.40. The van der Waals surface area contributed by atoms with Crippen molar-refractivity contribution in [1.29, 1.82) is 0 Å². The smallest absolute Gasteiger partial charge is 0.304 e. The Bertz CT molecular complexity index is 1460. The van der Waals surface area contributed by atoms with Crippen LogP contribution in [-0.2, 0) is 23.3 Å². The number of carbonyl (C=O) groups is 1. The molecule has 3 aromatic heterocycles. The minimum absolute atomic E-state index is 0.0792. The van der Waals surface area contributed by atoms with E-state index < -0.39 is 5.97 Å². The number of nitrogens with one attached hydrogen (secondary N) is 2. The van der Waals surface area contributed by atoms with Crippen LogP contribution in [0.2, 0.25) is 0 Å². The molecule has 2 N–H and O–H groups in total. The Balaban J connectivity index is 1.83. The zero-order chi connectivity index (χ0) is 20.8. The van der Waals surface area contributed by atoms with Gasteiger partial charge >= 0.3 is 5.97 Å². The summed E-state index contributed by atoms with van der Waals surface area (Å²) in [5, 5.41) is 4.82. The molecule has 5 rings (SSSR count). The van der Waals surface area contributed by atoms with Crippen molar-refractivity contribution in [3.8, 4) is 22.4 Å². The fourth-order valence-corrected chi connectivity index (χ4v) is 4.07. The van der Waals surface area contributed by atoms with Crippen molar-refractivity contribution in [2.24, 2.45) is 7.05 Å². The topological polar surface area (TPSA) is 84.8 Å². The van der Waals surface area contributed by atoms with Gasteiger partial charge in [0.2, 0.25) is 0 Å². The number of aromatic nitrogens is 4. The minimum Gasteiger partial charge on any atom is -0.443 e. The van der Waals surface area contributed by atoms with Crippen molar-refractivity contribution in [2.75, 3.05) is 0 Å². The number of fused-ring (bicyclic) bond motifs is 2. The number of para-hydroxylation sites is 2. The number of aromatic amines is 2. The van der Waals surface area contributed by atoms with Crippen LogP contribution in [0.3, 0.4) is 0 Å². The van der Waals surface area contributed by atoms with Crippen molar-refractivity contribution < 1.29 is 9.53 Å². The van der Waals surface area contributed by atoms with Gasteiger partial charge in [0.15, 0.2) is 6.73 Å². The van der Waals surface area contributed by atoms with E-state index in [9.17, 15) is 9.59 Å². The van der Waals surface area contributed by atoms with Crippen LogP contribution in [-0.4, -0.2) is 25.3 Å². The van der Waals surface area contributed by atoms with E-state index in [1.165, 1.54) is 6.92 Å². The van der Waals surface area contributed by atoms with Crippen LogP contribution in [0.15, 0.2) is 65.7 Å². The molecule has 2 aromatic carbocycles. The fraction of sp³-hybridized carbons (Fsp3) is 0.130. The molecule has 3 heterocycles. The lowest BCUT2D eigenvalue weighted by Gasteiger charge is -2.09. The summed E-state index contributed by atoms with van der Waals surface area (Å²) >= 11 is 0. The highest BCUT2D eigenvalue weighted by molar-refractivity contribution is 6.03. The number of H-pyrrole nitrogens is 2. The maximum Gasteiger partial charge on any atom is 0.304 e. The zero-order valence-electron chi connectivity index (χ0n) is 16.6. The van der Waals surface area contributed by atoms with Crippen LogP contribution < -0.4 is 5.56 Å². The lowest BCUT2D eigenvalue weighted by atomic mass is 10.0. The number of esters is 1. The number of nitrogens with zero attached hydrogens (tertiary/aromatic N) is 2. The third kappa shape index (κ3) is 2.75. The molecule has 7 nitrogen and oxygen atoms in total. The standard InChI is InChI=1S/C23H20N4O3/c1-14(28)30-13-27-22(17-11-24-19-9-5-3-7-15(17)19)21(23(29)25-27)18-12-26(2)20-10-6-4-8-16(18)20/h3-12,24H,13H2,1-2H3,(H,25,29). The van der Waals surface area contributed by atoms with Crippen molar-refractivity contribution in [2.45, 2.75) is 13.7 Å². The van der Waals surface area contributed by atoms with Crippen LogP contribution >= 0.6 is 0 Å². The summed E-state index contributed by atoms with van der Waals surface area (Å²) in [5.41, 5.74) is 4.67. The van der Waals surface area contributed by atoms with Crippen LogP contribution in [0.5, 0.6) is 0 Å². The lowest BCUT2D eigenvalue weighted by molar-refractivity contribution is -0.145. The van der Waals surface area contributed by atoms with Gasteiger partial charge in [-0.25, -0.2) is 4.68 Å². The summed E-state index contributed by atoms with van der Waals surface area (Å²) in [5.74, 6) is -0.416. The Labute approximate surface area is 171 Å². The second-order valence-corrected chi connectivity index (χ2v) is 7.28. The number of aryl methyl sites for hydroxylation is 1. The van der Waals surface area contributed by atoms with E-state index in [0.717, 1.165) is 32.9 Å². The summed E-state index contributed by atoms with van der Waals surface area (Å²) in [6.45, 7) is 1.27. The Morgan fingerprint density at radius 2 is 1.77 bits per heavy atom. The van der Waals surface area contributed by atoms with Crippen molar-refractivity contribution in [3.63, 3.8) is 0 Å². The molecule has 0 saturated heterocycles. The van der Waals surface area contributed by atoms with Gasteiger partial charge in [0.25, 0.3) is 5.56 Å². The van der Waals surface area contributed by atoms with Gasteiger partial charge in [0.05, 0.1) is 11.3 Å². The van der Waals surface area contributed by atoms with Crippen LogP contribution in [0.25, 0.3) is 44.2 Å². The fourth-order valence-electron chi connectivity index (χ4n) is 4.07. The molecule has 0 spiro atoms. The highest BCUT2D eigenvalue weighted by Crippen LogP contribution is 2.37. The van der Waals surface area contributed by atoms with Crippen molar-refractivity contribution >= 4 is 27.8 Å². The number of hydrogen-bond acceptors (Lipinski definition) is 3. The van der Waals surface area contributed by atoms with E-state index in [1.807, 2.05) is 72.5 Å². The summed E-state index contributed by atoms with van der Waals surface area (Å²) in [6.07, 6.45) is 3.84. The molecule has 0 amide bonds. The predicted molar refractivity (Wildman–Crippen MR) is 116 cm³/mol. The van der Waals surface area contributed by atoms with Gasteiger partial charge in [-0.2, -0.15) is 0 Å². The number of hydrogen-bond donors (Lipinski definition) is 2. The molecule has 0 aliphatic heterocycles. The van der Waals surface area contributed by atoms with Gasteiger partial charge in [-0.15, -0.1) is 0 Å². The molecule has 0 bridgehead atoms. The first-order valence-corrected chi connectivity index (χ1v) is 9.61. The van der Waals surface area contributed by atoms with Gasteiger partial charge in [0.1, 0.15) is 0 Å². The second-order valence-electron chi connectivity index (χ2n) is 7.28. The van der Waals surface area contributed by atoms with Gasteiger partial charge in [0, 0.05) is 59.3 Å². The average molecular weight is 400 g/mol. The largest absolute Gasteiger partial charge is 0.443 e. The third-order valence-electron chi connectivity index (χ3n) is 5.38. The summed E-state index contributed by atoms with van der Waals surface area (Å²) in [6, 6.07) is 15.9. The molecule has 30 heavy (non-hydrogen) atoms. The number of ether oxygens (including phenoxy) is 1. The van der Waals surface area contributed by atoms with E-state index in [2.05, 4.69) is 10.1 Å². The van der Waals surface area contributed by atoms with E-state index in [4.69, 9.17) is 4.74 Å². The first-order valence-electron chi connectivity index (χ1n) is 9.61.